The number of nitrogens with one attached hydrogen (secondary N) is 1. The predicted octanol–water partition coefficient (Wildman–Crippen LogP) is 0.466. The van der Waals surface area contributed by atoms with Crippen molar-refractivity contribution >= 4 is 5.97 Å². The molecule has 1 atom stereocenters. The molecule has 0 saturated heterocycles. The number of hydrogen-bond donors (Lipinski definition) is 2. The zero-order valence-electron chi connectivity index (χ0n) is 9.04. The highest BCUT2D eigenvalue weighted by Crippen LogP contribution is 1.95. The number of rotatable bonds is 6. The summed E-state index contributed by atoms with van der Waals surface area (Å²) in [6, 6.07) is 0.0942. The summed E-state index contributed by atoms with van der Waals surface area (Å²) < 4.78 is 4.54. The van der Waals surface area contributed by atoms with Crippen LogP contribution in [0.15, 0.2) is 11.6 Å². The maximum Gasteiger partial charge on any atom is 0.333 e. The smallest absolute Gasteiger partial charge is 0.333 e. The fourth-order valence-corrected chi connectivity index (χ4v) is 0.961. The van der Waals surface area contributed by atoms with Gasteiger partial charge >= 0.3 is 5.97 Å². The highest BCUT2D eigenvalue weighted by molar-refractivity contribution is 5.87. The lowest BCUT2D eigenvalue weighted by Gasteiger charge is -2.11. The quantitative estimate of drug-likeness (QED) is 0.484. The Morgan fingerprint density at radius 1 is 1.64 bits per heavy atom. The third-order valence-corrected chi connectivity index (χ3v) is 2.04. The number of carbonyl (C=O) groups is 1. The van der Waals surface area contributed by atoms with E-state index < -0.39 is 0 Å². The molecular weight excluding hydrogens is 182 g/mol. The second-order valence-corrected chi connectivity index (χ2v) is 3.07. The van der Waals surface area contributed by atoms with E-state index in [1.54, 1.807) is 13.0 Å². The Hall–Kier alpha value is -0.870. The lowest BCUT2D eigenvalue weighted by atomic mass is 10.2. The largest absolute Gasteiger partial charge is 0.466 e. The van der Waals surface area contributed by atoms with Crippen molar-refractivity contribution in [3.8, 4) is 0 Å². The number of aliphatic hydroxyl groups excluding tert-OH is 1. The minimum atomic E-state index is -0.316. The van der Waals surface area contributed by atoms with Gasteiger partial charge in [0.25, 0.3) is 0 Å². The van der Waals surface area contributed by atoms with Crippen molar-refractivity contribution in [3.05, 3.63) is 11.6 Å². The van der Waals surface area contributed by atoms with Gasteiger partial charge in [-0.25, -0.2) is 4.79 Å². The Labute approximate surface area is 85.0 Å². The van der Waals surface area contributed by atoms with E-state index in [2.05, 4.69) is 10.1 Å². The third-order valence-electron chi connectivity index (χ3n) is 2.04. The molecule has 4 heteroatoms. The van der Waals surface area contributed by atoms with Crippen LogP contribution in [0.4, 0.5) is 0 Å². The Morgan fingerprint density at radius 2 is 2.29 bits per heavy atom. The van der Waals surface area contributed by atoms with Crippen LogP contribution >= 0.6 is 0 Å². The first-order valence-corrected chi connectivity index (χ1v) is 4.75. The van der Waals surface area contributed by atoms with Gasteiger partial charge in [0, 0.05) is 18.2 Å². The van der Waals surface area contributed by atoms with Crippen LogP contribution in [0.1, 0.15) is 20.3 Å². The minimum Gasteiger partial charge on any atom is -0.466 e. The zero-order chi connectivity index (χ0) is 11.0. The Morgan fingerprint density at radius 3 is 2.71 bits per heavy atom. The van der Waals surface area contributed by atoms with Gasteiger partial charge in [-0.1, -0.05) is 13.0 Å². The Balaban J connectivity index is 3.85. The number of carbonyl (C=O) groups excluding carboxylic acids is 1. The van der Waals surface area contributed by atoms with Gasteiger partial charge in [-0.2, -0.15) is 0 Å². The standard InChI is InChI=1S/C10H19NO3/c1-4-9(7-12)11-6-5-8(2)10(13)14-3/h5,9,11-12H,4,6-7H2,1-3H3/b8-5-. The predicted molar refractivity (Wildman–Crippen MR) is 54.9 cm³/mol. The summed E-state index contributed by atoms with van der Waals surface area (Å²) in [7, 11) is 1.36. The van der Waals surface area contributed by atoms with Gasteiger partial charge in [-0.05, 0) is 13.3 Å². The van der Waals surface area contributed by atoms with Crippen LogP contribution in [-0.2, 0) is 9.53 Å². The van der Waals surface area contributed by atoms with Crippen molar-refractivity contribution in [2.75, 3.05) is 20.3 Å². The lowest BCUT2D eigenvalue weighted by Crippen LogP contribution is -2.32. The van der Waals surface area contributed by atoms with Gasteiger partial charge in [0.2, 0.25) is 0 Å². The average Bonchev–Trinajstić information content (AvgIpc) is 2.22. The van der Waals surface area contributed by atoms with Gasteiger partial charge in [0.1, 0.15) is 0 Å². The molecule has 0 saturated carbocycles. The average molecular weight is 201 g/mol. The van der Waals surface area contributed by atoms with Crippen molar-refractivity contribution in [1.29, 1.82) is 0 Å². The molecule has 0 aromatic rings. The molecule has 0 radical (unpaired) electrons. The van der Waals surface area contributed by atoms with Crippen molar-refractivity contribution in [3.63, 3.8) is 0 Å². The van der Waals surface area contributed by atoms with Crippen LogP contribution in [0, 0.1) is 0 Å². The second kappa shape index (κ2) is 7.53. The van der Waals surface area contributed by atoms with Crippen LogP contribution < -0.4 is 5.32 Å². The number of ether oxygens (including phenoxy) is 1. The second-order valence-electron chi connectivity index (χ2n) is 3.07. The molecule has 82 valence electrons. The summed E-state index contributed by atoms with van der Waals surface area (Å²) in [5.41, 5.74) is 0.577. The van der Waals surface area contributed by atoms with E-state index in [9.17, 15) is 4.79 Å². The van der Waals surface area contributed by atoms with Crippen molar-refractivity contribution < 1.29 is 14.6 Å². The van der Waals surface area contributed by atoms with Crippen molar-refractivity contribution in [2.45, 2.75) is 26.3 Å². The lowest BCUT2D eigenvalue weighted by molar-refractivity contribution is -0.136. The van der Waals surface area contributed by atoms with Crippen molar-refractivity contribution in [1.82, 2.24) is 5.32 Å². The van der Waals surface area contributed by atoms with E-state index in [1.165, 1.54) is 7.11 Å². The molecule has 0 aromatic heterocycles. The Kier molecular flexibility index (Phi) is 7.06. The first kappa shape index (κ1) is 13.1. The molecule has 0 aliphatic rings. The zero-order valence-corrected chi connectivity index (χ0v) is 9.04. The molecule has 0 bridgehead atoms. The maximum absolute atomic E-state index is 11.0. The molecular formula is C10H19NO3. The summed E-state index contributed by atoms with van der Waals surface area (Å²) >= 11 is 0. The fraction of sp³-hybridized carbons (Fsp3) is 0.700. The molecule has 0 aromatic carbocycles. The molecule has 0 fully saturated rings. The number of hydrogen-bond acceptors (Lipinski definition) is 4. The molecule has 2 N–H and O–H groups in total. The van der Waals surface area contributed by atoms with Crippen LogP contribution in [0.25, 0.3) is 0 Å². The van der Waals surface area contributed by atoms with Crippen LogP contribution in [0.2, 0.25) is 0 Å². The SMILES string of the molecule is CCC(CO)NC/C=C(/C)C(=O)OC. The van der Waals surface area contributed by atoms with Gasteiger partial charge in [-0.15, -0.1) is 0 Å². The first-order chi connectivity index (χ1) is 6.65. The third kappa shape index (κ3) is 4.99. The molecule has 4 nitrogen and oxygen atoms in total. The summed E-state index contributed by atoms with van der Waals surface area (Å²) in [5.74, 6) is -0.316. The molecule has 14 heavy (non-hydrogen) atoms. The summed E-state index contributed by atoms with van der Waals surface area (Å²) in [5, 5.41) is 12.0. The maximum atomic E-state index is 11.0. The molecule has 0 heterocycles. The molecule has 0 spiro atoms. The molecule has 0 aliphatic heterocycles. The minimum absolute atomic E-state index is 0.0942. The van der Waals surface area contributed by atoms with Gasteiger partial charge in [0.05, 0.1) is 13.7 Å². The number of esters is 1. The normalized spacial score (nSPS) is 13.9. The van der Waals surface area contributed by atoms with Crippen LogP contribution in [0.5, 0.6) is 0 Å². The molecule has 0 amide bonds. The van der Waals surface area contributed by atoms with Gasteiger partial charge in [-0.3, -0.25) is 0 Å². The highest BCUT2D eigenvalue weighted by atomic mass is 16.5. The van der Waals surface area contributed by atoms with Gasteiger partial charge in [0.15, 0.2) is 0 Å². The van der Waals surface area contributed by atoms with E-state index in [1.807, 2.05) is 6.92 Å². The van der Waals surface area contributed by atoms with E-state index >= 15 is 0 Å². The van der Waals surface area contributed by atoms with Crippen LogP contribution in [0.3, 0.4) is 0 Å². The van der Waals surface area contributed by atoms with E-state index in [0.717, 1.165) is 6.42 Å². The first-order valence-electron chi connectivity index (χ1n) is 4.75. The molecule has 0 aliphatic carbocycles. The Bertz CT molecular complexity index is 198. The summed E-state index contributed by atoms with van der Waals surface area (Å²) in [6.07, 6.45) is 2.62. The summed E-state index contributed by atoms with van der Waals surface area (Å²) in [6.45, 7) is 4.37. The number of methoxy groups -OCH3 is 1. The van der Waals surface area contributed by atoms with E-state index in [4.69, 9.17) is 5.11 Å². The number of aliphatic hydroxyl groups is 1. The highest BCUT2D eigenvalue weighted by Gasteiger charge is 2.04. The van der Waals surface area contributed by atoms with E-state index in [0.29, 0.717) is 12.1 Å². The topological polar surface area (TPSA) is 58.6 Å². The van der Waals surface area contributed by atoms with Crippen molar-refractivity contribution in [2.24, 2.45) is 0 Å². The molecule has 1 unspecified atom stereocenters. The van der Waals surface area contributed by atoms with Gasteiger partial charge < -0.3 is 15.2 Å². The fourth-order valence-electron chi connectivity index (χ4n) is 0.961. The monoisotopic (exact) mass is 201 g/mol. The van der Waals surface area contributed by atoms with E-state index in [-0.39, 0.29) is 18.6 Å². The summed E-state index contributed by atoms with van der Waals surface area (Å²) in [4.78, 5) is 11.0. The molecule has 0 rings (SSSR count). The van der Waals surface area contributed by atoms with Crippen LogP contribution in [-0.4, -0.2) is 37.4 Å².